The fraction of sp³-hybridized carbons (Fsp3) is 0.944. The van der Waals surface area contributed by atoms with Crippen LogP contribution in [0.1, 0.15) is 53.9 Å². The van der Waals surface area contributed by atoms with Gasteiger partial charge in [-0.1, -0.05) is 34.6 Å². The summed E-state index contributed by atoms with van der Waals surface area (Å²) >= 11 is 1.90. The van der Waals surface area contributed by atoms with Gasteiger partial charge in [0.2, 0.25) is 5.91 Å². The Morgan fingerprint density at radius 1 is 1.23 bits per heavy atom. The SMILES string of the molecule is COC.CSCC(C)(C)CC(C)(C)CC(=O)N1CCC(C)C1. The van der Waals surface area contributed by atoms with Gasteiger partial charge in [-0.3, -0.25) is 4.79 Å². The minimum absolute atomic E-state index is 0.0993. The number of nitrogens with zero attached hydrogens (tertiary/aromatic N) is 1. The van der Waals surface area contributed by atoms with Crippen molar-refractivity contribution < 1.29 is 9.53 Å². The van der Waals surface area contributed by atoms with Crippen LogP contribution in [0.2, 0.25) is 0 Å². The molecule has 0 aromatic rings. The average molecular weight is 332 g/mol. The molecule has 1 rings (SSSR count). The first kappa shape index (κ1) is 21.8. The first-order valence-corrected chi connectivity index (χ1v) is 9.63. The smallest absolute Gasteiger partial charge is 0.223 e. The molecule has 0 aromatic heterocycles. The van der Waals surface area contributed by atoms with Crippen molar-refractivity contribution >= 4 is 17.7 Å². The topological polar surface area (TPSA) is 29.5 Å². The van der Waals surface area contributed by atoms with Crippen molar-refractivity contribution in [1.82, 2.24) is 4.90 Å². The van der Waals surface area contributed by atoms with Gasteiger partial charge in [0, 0.05) is 33.7 Å². The molecule has 1 saturated heterocycles. The standard InChI is InChI=1S/C16H31NOS.C2H6O/c1-13-7-8-17(10-13)14(18)9-15(2,3)11-16(4,5)12-19-6;1-3-2/h13H,7-12H2,1-6H3;1-2H3. The maximum Gasteiger partial charge on any atom is 0.223 e. The molecule has 1 amide bonds. The number of hydrogen-bond acceptors (Lipinski definition) is 3. The molecule has 4 heteroatoms. The Balaban J connectivity index is 0.00000135. The van der Waals surface area contributed by atoms with Gasteiger partial charge in [0.1, 0.15) is 0 Å². The van der Waals surface area contributed by atoms with Crippen LogP contribution < -0.4 is 0 Å². The third-order valence-corrected chi connectivity index (χ3v) is 4.97. The fourth-order valence-electron chi connectivity index (χ4n) is 3.48. The van der Waals surface area contributed by atoms with Crippen LogP contribution >= 0.6 is 11.8 Å². The summed E-state index contributed by atoms with van der Waals surface area (Å²) < 4.78 is 4.25. The molecule has 0 N–H and O–H groups in total. The zero-order valence-corrected chi connectivity index (χ0v) is 16.8. The molecule has 0 radical (unpaired) electrons. The number of amides is 1. The van der Waals surface area contributed by atoms with Gasteiger partial charge in [-0.2, -0.15) is 11.8 Å². The number of thioether (sulfide) groups is 1. The summed E-state index contributed by atoms with van der Waals surface area (Å²) in [5, 5.41) is 0. The van der Waals surface area contributed by atoms with Crippen LogP contribution in [0.3, 0.4) is 0 Å². The molecular weight excluding hydrogens is 294 g/mol. The van der Waals surface area contributed by atoms with Crippen LogP contribution in [-0.4, -0.2) is 50.1 Å². The Hall–Kier alpha value is -0.220. The van der Waals surface area contributed by atoms with E-state index < -0.39 is 0 Å². The predicted molar refractivity (Wildman–Crippen MR) is 98.5 cm³/mol. The van der Waals surface area contributed by atoms with Crippen molar-refractivity contribution in [1.29, 1.82) is 0 Å². The Morgan fingerprint density at radius 3 is 2.18 bits per heavy atom. The number of rotatable bonds is 6. The Bertz CT molecular complexity index is 329. The van der Waals surface area contributed by atoms with E-state index in [9.17, 15) is 4.79 Å². The summed E-state index contributed by atoms with van der Waals surface area (Å²) in [4.78, 5) is 14.4. The summed E-state index contributed by atoms with van der Waals surface area (Å²) in [7, 11) is 3.25. The zero-order valence-electron chi connectivity index (χ0n) is 16.0. The molecule has 1 heterocycles. The molecule has 0 spiro atoms. The lowest BCUT2D eigenvalue weighted by Crippen LogP contribution is -2.34. The summed E-state index contributed by atoms with van der Waals surface area (Å²) in [6.45, 7) is 13.3. The molecule has 1 atom stereocenters. The molecule has 0 bridgehead atoms. The van der Waals surface area contributed by atoms with Crippen LogP contribution in [0.25, 0.3) is 0 Å². The van der Waals surface area contributed by atoms with E-state index in [1.807, 2.05) is 11.8 Å². The van der Waals surface area contributed by atoms with Gasteiger partial charge in [0.25, 0.3) is 0 Å². The Morgan fingerprint density at radius 2 is 1.77 bits per heavy atom. The predicted octanol–water partition coefficient (Wildman–Crippen LogP) is 4.31. The second-order valence-electron chi connectivity index (χ2n) is 8.26. The van der Waals surface area contributed by atoms with Crippen molar-refractivity contribution in [3.8, 4) is 0 Å². The average Bonchev–Trinajstić information content (AvgIpc) is 2.74. The summed E-state index contributed by atoms with van der Waals surface area (Å²) in [5.74, 6) is 2.19. The number of carbonyl (C=O) groups excluding carboxylic acids is 1. The summed E-state index contributed by atoms with van der Waals surface area (Å²) in [6.07, 6.45) is 5.13. The lowest BCUT2D eigenvalue weighted by Gasteiger charge is -2.35. The van der Waals surface area contributed by atoms with Crippen LogP contribution in [0.4, 0.5) is 0 Å². The molecule has 132 valence electrons. The minimum atomic E-state index is 0.0993. The number of likely N-dealkylation sites (tertiary alicyclic amines) is 1. The molecule has 1 unspecified atom stereocenters. The van der Waals surface area contributed by atoms with E-state index in [1.165, 1.54) is 6.42 Å². The Labute approximate surface area is 142 Å². The van der Waals surface area contributed by atoms with Gasteiger partial charge >= 0.3 is 0 Å². The molecule has 1 aliphatic rings. The van der Waals surface area contributed by atoms with Crippen LogP contribution in [-0.2, 0) is 9.53 Å². The lowest BCUT2D eigenvalue weighted by molar-refractivity contribution is -0.132. The van der Waals surface area contributed by atoms with Crippen molar-refractivity contribution in [2.45, 2.75) is 53.9 Å². The molecule has 3 nitrogen and oxygen atoms in total. The highest BCUT2D eigenvalue weighted by Gasteiger charge is 2.33. The van der Waals surface area contributed by atoms with E-state index in [1.54, 1.807) is 14.2 Å². The molecule has 22 heavy (non-hydrogen) atoms. The van der Waals surface area contributed by atoms with Crippen LogP contribution in [0.5, 0.6) is 0 Å². The van der Waals surface area contributed by atoms with Gasteiger partial charge in [0.15, 0.2) is 0 Å². The van der Waals surface area contributed by atoms with Gasteiger partial charge in [-0.05, 0) is 41.6 Å². The first-order valence-electron chi connectivity index (χ1n) is 8.24. The molecular formula is C18H37NO2S. The van der Waals surface area contributed by atoms with Gasteiger partial charge < -0.3 is 9.64 Å². The van der Waals surface area contributed by atoms with Crippen LogP contribution in [0.15, 0.2) is 0 Å². The minimum Gasteiger partial charge on any atom is -0.388 e. The monoisotopic (exact) mass is 331 g/mol. The quantitative estimate of drug-likeness (QED) is 0.726. The third-order valence-electron chi connectivity index (χ3n) is 3.90. The Kier molecular flexibility index (Phi) is 9.72. The molecule has 0 aromatic carbocycles. The molecule has 0 aliphatic carbocycles. The third kappa shape index (κ3) is 9.04. The van der Waals surface area contributed by atoms with E-state index in [0.29, 0.717) is 23.7 Å². The van der Waals surface area contributed by atoms with E-state index in [-0.39, 0.29) is 5.41 Å². The van der Waals surface area contributed by atoms with Crippen molar-refractivity contribution in [3.63, 3.8) is 0 Å². The molecule has 1 fully saturated rings. The number of methoxy groups -OCH3 is 1. The fourth-order valence-corrected chi connectivity index (χ4v) is 4.37. The normalized spacial score (nSPS) is 18.9. The number of ether oxygens (including phenoxy) is 1. The zero-order chi connectivity index (χ0) is 17.4. The maximum atomic E-state index is 12.4. The van der Waals surface area contributed by atoms with Gasteiger partial charge in [0.05, 0.1) is 0 Å². The van der Waals surface area contributed by atoms with Gasteiger partial charge in [-0.25, -0.2) is 0 Å². The second-order valence-corrected chi connectivity index (χ2v) is 9.12. The second kappa shape index (κ2) is 9.82. The number of hydrogen-bond donors (Lipinski definition) is 0. The van der Waals surface area contributed by atoms with Crippen molar-refractivity contribution in [3.05, 3.63) is 0 Å². The largest absolute Gasteiger partial charge is 0.388 e. The maximum absolute atomic E-state index is 12.4. The van der Waals surface area contributed by atoms with E-state index >= 15 is 0 Å². The summed E-state index contributed by atoms with van der Waals surface area (Å²) in [6, 6.07) is 0. The number of carbonyl (C=O) groups is 1. The highest BCUT2D eigenvalue weighted by molar-refractivity contribution is 7.98. The molecule has 1 aliphatic heterocycles. The lowest BCUT2D eigenvalue weighted by atomic mass is 9.74. The van der Waals surface area contributed by atoms with E-state index in [0.717, 1.165) is 25.3 Å². The van der Waals surface area contributed by atoms with Crippen molar-refractivity contribution in [2.24, 2.45) is 16.7 Å². The highest BCUT2D eigenvalue weighted by atomic mass is 32.2. The van der Waals surface area contributed by atoms with E-state index in [4.69, 9.17) is 0 Å². The summed E-state index contributed by atoms with van der Waals surface area (Å²) in [5.41, 5.74) is 0.406. The highest BCUT2D eigenvalue weighted by Crippen LogP contribution is 2.38. The first-order chi connectivity index (χ1) is 10.1. The molecule has 0 saturated carbocycles. The van der Waals surface area contributed by atoms with E-state index in [2.05, 4.69) is 50.5 Å². The van der Waals surface area contributed by atoms with Crippen molar-refractivity contribution in [2.75, 3.05) is 39.3 Å². The van der Waals surface area contributed by atoms with Gasteiger partial charge in [-0.15, -0.1) is 0 Å². The van der Waals surface area contributed by atoms with Crippen LogP contribution in [0, 0.1) is 16.7 Å².